The summed E-state index contributed by atoms with van der Waals surface area (Å²) in [6.45, 7) is 4.70. The first kappa shape index (κ1) is 27.1. The molecule has 3 nitrogen and oxygen atoms in total. The van der Waals surface area contributed by atoms with Gasteiger partial charge in [0.15, 0.2) is 0 Å². The molecule has 3 heteroatoms. The van der Waals surface area contributed by atoms with E-state index in [9.17, 15) is 0 Å². The van der Waals surface area contributed by atoms with E-state index in [0.29, 0.717) is 0 Å². The van der Waals surface area contributed by atoms with Crippen molar-refractivity contribution >= 4 is 60.8 Å². The smallest absolute Gasteiger partial charge is 0.137 e. The van der Waals surface area contributed by atoms with Crippen molar-refractivity contribution in [3.63, 3.8) is 0 Å². The molecule has 0 N–H and O–H groups in total. The minimum Gasteiger partial charge on any atom is -0.456 e. The van der Waals surface area contributed by atoms with Gasteiger partial charge in [-0.2, -0.15) is 0 Å². The number of para-hydroxylation sites is 3. The maximum atomic E-state index is 6.42. The fourth-order valence-electron chi connectivity index (χ4n) is 8.15. The Hall–Kier alpha value is -6.06. The third kappa shape index (κ3) is 3.76. The zero-order valence-electron chi connectivity index (χ0n) is 26.8. The monoisotopic (exact) mass is 616 g/mol. The van der Waals surface area contributed by atoms with Crippen LogP contribution in [0.15, 0.2) is 162 Å². The molecule has 7 aromatic carbocycles. The first-order valence-corrected chi connectivity index (χ1v) is 16.6. The van der Waals surface area contributed by atoms with Crippen molar-refractivity contribution in [1.29, 1.82) is 0 Å². The number of hydrogen-bond acceptors (Lipinski definition) is 2. The molecule has 0 aliphatic heterocycles. The van der Waals surface area contributed by atoms with Crippen molar-refractivity contribution in [2.45, 2.75) is 19.3 Å². The molecule has 0 saturated carbocycles. The van der Waals surface area contributed by atoms with Gasteiger partial charge in [-0.15, -0.1) is 0 Å². The fraction of sp³-hybridized carbons (Fsp3) is 0.0667. The summed E-state index contributed by atoms with van der Waals surface area (Å²) in [6.07, 6.45) is 0. The molecule has 1 aliphatic rings. The van der Waals surface area contributed by atoms with Crippen LogP contribution in [0.25, 0.3) is 60.6 Å². The standard InChI is InChI=1S/C45H32N2O/c1-45(2)37-18-9-6-15-32(37)33-25-23-30(27-38(33)45)46(40-20-12-22-43-44(40)36-17-8-11-21-42(36)48-43)31-24-26-35-34-16-7-10-19-39(34)47(41(35)28-31)29-13-4-3-5-14-29/h3-28H,1-2H3. The molecular formula is C45H32N2O. The first-order valence-electron chi connectivity index (χ1n) is 16.6. The maximum Gasteiger partial charge on any atom is 0.137 e. The molecule has 0 saturated heterocycles. The van der Waals surface area contributed by atoms with Gasteiger partial charge in [-0.05, 0) is 82.9 Å². The summed E-state index contributed by atoms with van der Waals surface area (Å²) >= 11 is 0. The molecule has 0 amide bonds. The van der Waals surface area contributed by atoms with Crippen LogP contribution in [-0.4, -0.2) is 4.57 Å². The van der Waals surface area contributed by atoms with E-state index >= 15 is 0 Å². The minimum atomic E-state index is -0.119. The molecule has 0 fully saturated rings. The summed E-state index contributed by atoms with van der Waals surface area (Å²) in [4.78, 5) is 2.43. The molecule has 0 spiro atoms. The highest BCUT2D eigenvalue weighted by Gasteiger charge is 2.36. The summed E-state index contributed by atoms with van der Waals surface area (Å²) in [5, 5.41) is 4.70. The molecule has 10 rings (SSSR count). The average Bonchev–Trinajstić information content (AvgIpc) is 3.75. The molecule has 0 bridgehead atoms. The molecule has 48 heavy (non-hydrogen) atoms. The van der Waals surface area contributed by atoms with E-state index in [2.05, 4.69) is 175 Å². The normalized spacial score (nSPS) is 13.4. The van der Waals surface area contributed by atoms with E-state index in [4.69, 9.17) is 4.42 Å². The Bertz CT molecular complexity index is 2710. The van der Waals surface area contributed by atoms with Crippen molar-refractivity contribution in [3.8, 4) is 16.8 Å². The Morgan fingerprint density at radius 2 is 1.17 bits per heavy atom. The van der Waals surface area contributed by atoms with Gasteiger partial charge in [-0.3, -0.25) is 0 Å². The van der Waals surface area contributed by atoms with Crippen molar-refractivity contribution < 1.29 is 4.42 Å². The van der Waals surface area contributed by atoms with Crippen molar-refractivity contribution in [3.05, 3.63) is 169 Å². The number of hydrogen-bond donors (Lipinski definition) is 0. The van der Waals surface area contributed by atoms with Gasteiger partial charge in [0.25, 0.3) is 0 Å². The van der Waals surface area contributed by atoms with E-state index in [0.717, 1.165) is 44.7 Å². The van der Waals surface area contributed by atoms with Gasteiger partial charge in [0.05, 0.1) is 22.1 Å². The number of rotatable bonds is 4. The van der Waals surface area contributed by atoms with Gasteiger partial charge >= 0.3 is 0 Å². The molecule has 0 radical (unpaired) electrons. The van der Waals surface area contributed by atoms with Crippen LogP contribution in [0.2, 0.25) is 0 Å². The summed E-state index contributed by atoms with van der Waals surface area (Å²) in [5.41, 5.74) is 13.8. The predicted octanol–water partition coefficient (Wildman–Crippen LogP) is 12.5. The third-order valence-electron chi connectivity index (χ3n) is 10.4. The van der Waals surface area contributed by atoms with Crippen LogP contribution in [0.4, 0.5) is 17.1 Å². The van der Waals surface area contributed by atoms with E-state index in [-0.39, 0.29) is 5.41 Å². The van der Waals surface area contributed by atoms with Gasteiger partial charge in [0.1, 0.15) is 11.2 Å². The lowest BCUT2D eigenvalue weighted by Gasteiger charge is -2.29. The van der Waals surface area contributed by atoms with E-state index in [1.807, 2.05) is 6.07 Å². The zero-order valence-corrected chi connectivity index (χ0v) is 26.8. The van der Waals surface area contributed by atoms with Crippen LogP contribution in [-0.2, 0) is 5.41 Å². The summed E-state index contributed by atoms with van der Waals surface area (Å²) < 4.78 is 8.81. The maximum absolute atomic E-state index is 6.42. The minimum absolute atomic E-state index is 0.119. The zero-order chi connectivity index (χ0) is 32.0. The van der Waals surface area contributed by atoms with E-state index in [1.54, 1.807) is 0 Å². The Morgan fingerprint density at radius 3 is 2.06 bits per heavy atom. The highest BCUT2D eigenvalue weighted by molar-refractivity contribution is 6.14. The van der Waals surface area contributed by atoms with Crippen LogP contribution < -0.4 is 4.90 Å². The first-order chi connectivity index (χ1) is 23.6. The fourth-order valence-corrected chi connectivity index (χ4v) is 8.15. The van der Waals surface area contributed by atoms with Crippen LogP contribution in [0, 0.1) is 0 Å². The lowest BCUT2D eigenvalue weighted by atomic mass is 9.82. The Balaban J connectivity index is 1.28. The van der Waals surface area contributed by atoms with Crippen LogP contribution in [0.3, 0.4) is 0 Å². The lowest BCUT2D eigenvalue weighted by Crippen LogP contribution is -2.16. The van der Waals surface area contributed by atoms with E-state index < -0.39 is 0 Å². The molecule has 0 unspecified atom stereocenters. The molecular weight excluding hydrogens is 585 g/mol. The number of benzene rings is 7. The molecule has 1 aliphatic carbocycles. The second-order valence-electron chi connectivity index (χ2n) is 13.4. The molecule has 2 heterocycles. The summed E-state index contributed by atoms with van der Waals surface area (Å²) in [7, 11) is 0. The Morgan fingerprint density at radius 1 is 0.500 bits per heavy atom. The SMILES string of the molecule is CC1(C)c2ccccc2-c2ccc(N(c3ccc4c5ccccc5n(-c5ccccc5)c4c3)c3cccc4oc5ccccc5c34)cc21. The summed E-state index contributed by atoms with van der Waals surface area (Å²) in [5.74, 6) is 0. The Kier molecular flexibility index (Phi) is 5.63. The van der Waals surface area contributed by atoms with Gasteiger partial charge in [0, 0.05) is 38.6 Å². The Labute approximate surface area is 278 Å². The number of anilines is 3. The van der Waals surface area contributed by atoms with Crippen molar-refractivity contribution in [2.24, 2.45) is 0 Å². The van der Waals surface area contributed by atoms with Crippen LogP contribution >= 0.6 is 0 Å². The summed E-state index contributed by atoms with van der Waals surface area (Å²) in [6, 6.07) is 57.0. The third-order valence-corrected chi connectivity index (χ3v) is 10.4. The van der Waals surface area contributed by atoms with Gasteiger partial charge in [0.2, 0.25) is 0 Å². The largest absolute Gasteiger partial charge is 0.456 e. The average molecular weight is 617 g/mol. The van der Waals surface area contributed by atoms with Gasteiger partial charge in [-0.25, -0.2) is 0 Å². The number of nitrogens with zero attached hydrogens (tertiary/aromatic N) is 2. The number of fused-ring (bicyclic) bond motifs is 9. The number of furan rings is 1. The molecule has 2 aromatic heterocycles. The van der Waals surface area contributed by atoms with Crippen molar-refractivity contribution in [2.75, 3.05) is 4.90 Å². The predicted molar refractivity (Wildman–Crippen MR) is 200 cm³/mol. The van der Waals surface area contributed by atoms with Gasteiger partial charge in [-0.1, -0.05) is 111 Å². The van der Waals surface area contributed by atoms with Crippen molar-refractivity contribution in [1.82, 2.24) is 4.57 Å². The highest BCUT2D eigenvalue weighted by Crippen LogP contribution is 2.51. The molecule has 228 valence electrons. The lowest BCUT2D eigenvalue weighted by molar-refractivity contribution is 0.660. The molecule has 0 atom stereocenters. The van der Waals surface area contributed by atoms with Crippen LogP contribution in [0.5, 0.6) is 0 Å². The number of aromatic nitrogens is 1. The second kappa shape index (κ2) is 9.97. The highest BCUT2D eigenvalue weighted by atomic mass is 16.3. The van der Waals surface area contributed by atoms with E-state index in [1.165, 1.54) is 44.1 Å². The molecule has 9 aromatic rings. The quantitative estimate of drug-likeness (QED) is 0.196. The topological polar surface area (TPSA) is 21.3 Å². The second-order valence-corrected chi connectivity index (χ2v) is 13.4. The van der Waals surface area contributed by atoms with Crippen LogP contribution in [0.1, 0.15) is 25.0 Å². The van der Waals surface area contributed by atoms with Gasteiger partial charge < -0.3 is 13.9 Å².